The molecule has 1 aliphatic heterocycles. The molecule has 6 aromatic rings. The van der Waals surface area contributed by atoms with Crippen LogP contribution in [0, 0.1) is 6.92 Å². The van der Waals surface area contributed by atoms with Crippen LogP contribution in [-0.4, -0.2) is 62.5 Å². The predicted molar refractivity (Wildman–Crippen MR) is 213 cm³/mol. The van der Waals surface area contributed by atoms with Crippen molar-refractivity contribution in [1.82, 2.24) is 24.4 Å². The second kappa shape index (κ2) is 14.8. The summed E-state index contributed by atoms with van der Waals surface area (Å²) in [5, 5.41) is 5.46. The predicted octanol–water partition coefficient (Wildman–Crippen LogP) is 10.0. The number of H-pyrrole nitrogens is 1. The van der Waals surface area contributed by atoms with Crippen LogP contribution < -0.4 is 10.2 Å². The number of halogens is 2. The third-order valence-electron chi connectivity index (χ3n) is 10.9. The summed E-state index contributed by atoms with van der Waals surface area (Å²) in [6.07, 6.45) is 10.3. The lowest BCUT2D eigenvalue weighted by Crippen LogP contribution is -2.51. The topological polar surface area (TPSA) is 82.1 Å². The average Bonchev–Trinajstić information content (AvgIpc) is 3.78. The van der Waals surface area contributed by atoms with Gasteiger partial charge in [0.1, 0.15) is 5.69 Å². The number of imidazole rings is 1. The molecule has 52 heavy (non-hydrogen) atoms. The highest BCUT2D eigenvalue weighted by Gasteiger charge is 2.30. The quantitative estimate of drug-likeness (QED) is 0.163. The third kappa shape index (κ3) is 6.71. The van der Waals surface area contributed by atoms with Crippen molar-refractivity contribution in [3.63, 3.8) is 0 Å². The first-order valence-electron chi connectivity index (χ1n) is 18.3. The molecule has 4 heterocycles. The molecule has 10 heteroatoms. The fourth-order valence-corrected chi connectivity index (χ4v) is 8.42. The number of nitrogens with zero attached hydrogens (tertiary/aromatic N) is 5. The molecule has 1 amide bonds. The van der Waals surface area contributed by atoms with Crippen molar-refractivity contribution in [1.29, 1.82) is 0 Å². The minimum absolute atomic E-state index is 0.121. The van der Waals surface area contributed by atoms with Crippen LogP contribution in [0.2, 0.25) is 10.0 Å². The van der Waals surface area contributed by atoms with Crippen LogP contribution in [0.4, 0.5) is 11.4 Å². The molecule has 1 saturated heterocycles. The van der Waals surface area contributed by atoms with Crippen molar-refractivity contribution in [2.75, 3.05) is 36.4 Å². The minimum Gasteiger partial charge on any atom is -0.367 e. The van der Waals surface area contributed by atoms with Gasteiger partial charge in [-0.05, 0) is 62.6 Å². The van der Waals surface area contributed by atoms with Gasteiger partial charge in [-0.1, -0.05) is 91.0 Å². The van der Waals surface area contributed by atoms with Crippen LogP contribution in [0.3, 0.4) is 0 Å². The second-order valence-electron chi connectivity index (χ2n) is 14.1. The summed E-state index contributed by atoms with van der Waals surface area (Å²) < 4.78 is 2.14. The van der Waals surface area contributed by atoms with Crippen molar-refractivity contribution in [2.45, 2.75) is 58.0 Å². The van der Waals surface area contributed by atoms with E-state index in [-0.39, 0.29) is 11.9 Å². The molecule has 0 radical (unpaired) electrons. The van der Waals surface area contributed by atoms with Crippen molar-refractivity contribution < 1.29 is 4.79 Å². The maximum Gasteiger partial charge on any atom is 0.272 e. The smallest absolute Gasteiger partial charge is 0.272 e. The number of pyridine rings is 1. The van der Waals surface area contributed by atoms with Gasteiger partial charge in [-0.2, -0.15) is 0 Å². The van der Waals surface area contributed by atoms with Gasteiger partial charge in [0.05, 0.1) is 40.8 Å². The highest BCUT2D eigenvalue weighted by molar-refractivity contribution is 6.31. The Morgan fingerprint density at radius 3 is 2.37 bits per heavy atom. The van der Waals surface area contributed by atoms with E-state index in [0.29, 0.717) is 21.8 Å². The molecular formula is C42H43Cl2N7O. The van der Waals surface area contributed by atoms with Crippen molar-refractivity contribution >= 4 is 51.4 Å². The standard InChI is InChI=1S/C42H43Cl2N7O/c1-27-38(36(19-20-45-27)50-23-21-49(22-24-50)33-11-7-4-8-12-33)48-42(52)40-37(34-18-17-32(44)25-35(34)47-40)41-39(30-9-5-3-6-10-30)46-26-51(41)28(2)29-13-15-31(43)16-14-29/h3,5-6,9-10,13-20,25-26,28,33,47H,4,7-8,11-12,21-24H2,1-2H3,(H,48,52). The summed E-state index contributed by atoms with van der Waals surface area (Å²) in [7, 11) is 0. The molecule has 1 unspecified atom stereocenters. The maximum absolute atomic E-state index is 14.8. The van der Waals surface area contributed by atoms with E-state index < -0.39 is 0 Å². The number of carbonyl (C=O) groups excluding carboxylic acids is 1. The normalized spacial score (nSPS) is 16.3. The molecule has 2 fully saturated rings. The number of carbonyl (C=O) groups is 1. The van der Waals surface area contributed by atoms with E-state index in [1.807, 2.05) is 98.3 Å². The van der Waals surface area contributed by atoms with Gasteiger partial charge >= 0.3 is 0 Å². The van der Waals surface area contributed by atoms with E-state index in [1.54, 1.807) is 0 Å². The van der Waals surface area contributed by atoms with Gasteiger partial charge < -0.3 is 19.8 Å². The lowest BCUT2D eigenvalue weighted by molar-refractivity contribution is 0.102. The first-order chi connectivity index (χ1) is 25.4. The Morgan fingerprint density at radius 2 is 1.62 bits per heavy atom. The van der Waals surface area contributed by atoms with Gasteiger partial charge in [0.25, 0.3) is 5.91 Å². The number of aromatic nitrogens is 4. The highest BCUT2D eigenvalue weighted by Crippen LogP contribution is 2.42. The molecule has 8 nitrogen and oxygen atoms in total. The molecule has 0 bridgehead atoms. The molecule has 1 atom stereocenters. The van der Waals surface area contributed by atoms with Gasteiger partial charge in [0.2, 0.25) is 0 Å². The average molecular weight is 733 g/mol. The first kappa shape index (κ1) is 34.5. The monoisotopic (exact) mass is 731 g/mol. The van der Waals surface area contributed by atoms with Gasteiger partial charge in [-0.25, -0.2) is 4.98 Å². The largest absolute Gasteiger partial charge is 0.367 e. The summed E-state index contributed by atoms with van der Waals surface area (Å²) in [6, 6.07) is 26.3. The minimum atomic E-state index is -0.258. The number of benzene rings is 3. The summed E-state index contributed by atoms with van der Waals surface area (Å²) in [5.74, 6) is -0.258. The fourth-order valence-electron chi connectivity index (χ4n) is 8.12. The summed E-state index contributed by atoms with van der Waals surface area (Å²) in [6.45, 7) is 7.94. The van der Waals surface area contributed by atoms with Crippen LogP contribution >= 0.6 is 23.2 Å². The van der Waals surface area contributed by atoms with Crippen LogP contribution in [0.5, 0.6) is 0 Å². The Hall–Kier alpha value is -4.63. The summed E-state index contributed by atoms with van der Waals surface area (Å²) in [5.41, 5.74) is 8.07. The zero-order valence-corrected chi connectivity index (χ0v) is 31.1. The summed E-state index contributed by atoms with van der Waals surface area (Å²) in [4.78, 5) is 32.9. The number of amides is 1. The molecule has 0 spiro atoms. The highest BCUT2D eigenvalue weighted by atomic mass is 35.5. The van der Waals surface area contributed by atoms with Gasteiger partial charge in [0, 0.05) is 70.5 Å². The number of hydrogen-bond acceptors (Lipinski definition) is 5. The number of nitrogens with one attached hydrogen (secondary N) is 2. The number of piperazine rings is 1. The Morgan fingerprint density at radius 1 is 0.885 bits per heavy atom. The number of fused-ring (bicyclic) bond motifs is 1. The number of anilines is 2. The summed E-state index contributed by atoms with van der Waals surface area (Å²) >= 11 is 12.8. The number of aryl methyl sites for hydroxylation is 1. The number of aromatic amines is 1. The van der Waals surface area contributed by atoms with Crippen molar-refractivity contribution in [3.8, 4) is 22.5 Å². The fraction of sp³-hybridized carbons (Fsp3) is 0.310. The van der Waals surface area contributed by atoms with Gasteiger partial charge in [-0.15, -0.1) is 0 Å². The van der Waals surface area contributed by atoms with Gasteiger partial charge in [0.15, 0.2) is 0 Å². The Bertz CT molecular complexity index is 2200. The SMILES string of the molecule is Cc1nccc(N2CCN(C3CCCCC3)CC2)c1NC(=O)c1[nH]c2cc(Cl)ccc2c1-c1c(-c2ccccc2)ncn1C(C)c1ccc(Cl)cc1. The Labute approximate surface area is 314 Å². The molecule has 266 valence electrons. The van der Waals surface area contributed by atoms with E-state index in [0.717, 1.165) is 82.2 Å². The van der Waals surface area contributed by atoms with E-state index in [2.05, 4.69) is 36.6 Å². The van der Waals surface area contributed by atoms with Crippen LogP contribution in [0.15, 0.2) is 91.4 Å². The molecule has 1 saturated carbocycles. The molecular weight excluding hydrogens is 689 g/mol. The number of hydrogen-bond donors (Lipinski definition) is 2. The second-order valence-corrected chi connectivity index (χ2v) is 14.9. The van der Waals surface area contributed by atoms with E-state index >= 15 is 0 Å². The van der Waals surface area contributed by atoms with E-state index in [4.69, 9.17) is 28.2 Å². The van der Waals surface area contributed by atoms with E-state index in [9.17, 15) is 4.79 Å². The Kier molecular flexibility index (Phi) is 9.79. The molecule has 3 aromatic carbocycles. The van der Waals surface area contributed by atoms with E-state index in [1.165, 1.54) is 32.1 Å². The van der Waals surface area contributed by atoms with Crippen LogP contribution in [0.1, 0.15) is 66.8 Å². The van der Waals surface area contributed by atoms with Crippen molar-refractivity contribution in [2.24, 2.45) is 0 Å². The molecule has 8 rings (SSSR count). The zero-order valence-electron chi connectivity index (χ0n) is 29.6. The van der Waals surface area contributed by atoms with Crippen molar-refractivity contribution in [3.05, 3.63) is 118 Å². The lowest BCUT2D eigenvalue weighted by atomic mass is 9.94. The molecule has 2 N–H and O–H groups in total. The Balaban J connectivity index is 1.20. The zero-order chi connectivity index (χ0) is 35.8. The molecule has 2 aliphatic rings. The number of rotatable bonds is 8. The first-order valence-corrected chi connectivity index (χ1v) is 19.1. The van der Waals surface area contributed by atoms with Crippen LogP contribution in [-0.2, 0) is 0 Å². The third-order valence-corrected chi connectivity index (χ3v) is 11.4. The molecule has 3 aromatic heterocycles. The van der Waals surface area contributed by atoms with Crippen LogP contribution in [0.25, 0.3) is 33.4 Å². The lowest BCUT2D eigenvalue weighted by Gasteiger charge is -2.42. The molecule has 1 aliphatic carbocycles. The van der Waals surface area contributed by atoms with Gasteiger partial charge in [-0.3, -0.25) is 14.7 Å². The maximum atomic E-state index is 14.8.